The van der Waals surface area contributed by atoms with Crippen LogP contribution >= 0.6 is 0 Å². The Morgan fingerprint density at radius 2 is 1.27 bits per heavy atom. The van der Waals surface area contributed by atoms with Crippen molar-refractivity contribution in [3.8, 4) is 0 Å². The number of oxazole rings is 1. The molecule has 0 amide bonds. The van der Waals surface area contributed by atoms with Crippen molar-refractivity contribution in [2.75, 3.05) is 18.0 Å². The van der Waals surface area contributed by atoms with Crippen LogP contribution < -0.4 is 4.90 Å². The molecule has 0 bridgehead atoms. The van der Waals surface area contributed by atoms with Crippen molar-refractivity contribution in [3.05, 3.63) is 24.3 Å². The lowest BCUT2D eigenvalue weighted by molar-refractivity contribution is 0.526. The predicted octanol–water partition coefficient (Wildman–Crippen LogP) is 7.36. The second kappa shape index (κ2) is 12.8. The van der Waals surface area contributed by atoms with Crippen LogP contribution in [0.25, 0.3) is 11.1 Å². The standard InChI is InChI=1S/C23H38N2O/c1-3-5-7-9-11-15-19-25(20-16-12-10-8-6-4-2)23-24-21-17-13-14-18-22(21)26-23/h13-14,17-18H,3-12,15-16,19-20H2,1-2H3. The zero-order chi connectivity index (χ0) is 18.5. The van der Waals surface area contributed by atoms with Gasteiger partial charge in [-0.2, -0.15) is 4.98 Å². The van der Waals surface area contributed by atoms with E-state index >= 15 is 0 Å². The molecule has 0 aliphatic carbocycles. The Hall–Kier alpha value is -1.51. The molecule has 0 spiro atoms. The van der Waals surface area contributed by atoms with Gasteiger partial charge in [0.05, 0.1) is 0 Å². The first-order chi connectivity index (χ1) is 12.8. The fraction of sp³-hybridized carbons (Fsp3) is 0.696. The molecule has 0 unspecified atom stereocenters. The maximum Gasteiger partial charge on any atom is 0.298 e. The van der Waals surface area contributed by atoms with E-state index in [2.05, 4.69) is 18.7 Å². The lowest BCUT2D eigenvalue weighted by atomic mass is 10.1. The molecule has 2 rings (SSSR count). The first kappa shape index (κ1) is 20.8. The van der Waals surface area contributed by atoms with Gasteiger partial charge in [-0.3, -0.25) is 0 Å². The Morgan fingerprint density at radius 3 is 1.85 bits per heavy atom. The van der Waals surface area contributed by atoms with E-state index < -0.39 is 0 Å². The van der Waals surface area contributed by atoms with Crippen LogP contribution in [0.2, 0.25) is 0 Å². The van der Waals surface area contributed by atoms with Gasteiger partial charge in [-0.05, 0) is 25.0 Å². The third-order valence-corrected chi connectivity index (χ3v) is 5.12. The summed E-state index contributed by atoms with van der Waals surface area (Å²) in [6.07, 6.45) is 15.9. The van der Waals surface area contributed by atoms with E-state index in [0.29, 0.717) is 0 Å². The summed E-state index contributed by atoms with van der Waals surface area (Å²) in [7, 11) is 0. The second-order valence-corrected chi connectivity index (χ2v) is 7.49. The first-order valence-electron chi connectivity index (χ1n) is 11.0. The normalized spacial score (nSPS) is 11.3. The smallest absolute Gasteiger partial charge is 0.298 e. The number of nitrogens with zero attached hydrogens (tertiary/aromatic N) is 2. The highest BCUT2D eigenvalue weighted by Crippen LogP contribution is 2.23. The molecule has 0 aliphatic rings. The maximum atomic E-state index is 6.04. The summed E-state index contributed by atoms with van der Waals surface area (Å²) in [6.45, 7) is 6.67. The highest BCUT2D eigenvalue weighted by molar-refractivity contribution is 5.74. The second-order valence-electron chi connectivity index (χ2n) is 7.49. The van der Waals surface area contributed by atoms with Crippen LogP contribution in [0.1, 0.15) is 90.9 Å². The first-order valence-corrected chi connectivity index (χ1v) is 11.0. The maximum absolute atomic E-state index is 6.04. The van der Waals surface area contributed by atoms with Crippen molar-refractivity contribution >= 4 is 17.1 Å². The van der Waals surface area contributed by atoms with Crippen LogP contribution in [0, 0.1) is 0 Å². The van der Waals surface area contributed by atoms with Gasteiger partial charge in [0.2, 0.25) is 0 Å². The van der Waals surface area contributed by atoms with Gasteiger partial charge in [0.25, 0.3) is 6.01 Å². The van der Waals surface area contributed by atoms with Crippen molar-refractivity contribution in [1.82, 2.24) is 4.98 Å². The third kappa shape index (κ3) is 7.39. The molecule has 2 aromatic rings. The summed E-state index contributed by atoms with van der Waals surface area (Å²) in [6, 6.07) is 8.91. The van der Waals surface area contributed by atoms with Crippen molar-refractivity contribution in [1.29, 1.82) is 0 Å². The van der Waals surface area contributed by atoms with Gasteiger partial charge < -0.3 is 9.32 Å². The average Bonchev–Trinajstić information content (AvgIpc) is 3.09. The topological polar surface area (TPSA) is 29.3 Å². The molecule has 3 nitrogen and oxygen atoms in total. The Kier molecular flexibility index (Phi) is 10.2. The summed E-state index contributed by atoms with van der Waals surface area (Å²) >= 11 is 0. The van der Waals surface area contributed by atoms with Crippen LogP contribution in [-0.4, -0.2) is 18.1 Å². The molecule has 1 aromatic carbocycles. The zero-order valence-corrected chi connectivity index (χ0v) is 17.0. The molecule has 1 aromatic heterocycles. The Morgan fingerprint density at radius 1 is 0.731 bits per heavy atom. The molecule has 3 heteroatoms. The van der Waals surface area contributed by atoms with Crippen molar-refractivity contribution in [2.24, 2.45) is 0 Å². The molecule has 0 saturated carbocycles. The van der Waals surface area contributed by atoms with Gasteiger partial charge >= 0.3 is 0 Å². The number of fused-ring (bicyclic) bond motifs is 1. The van der Waals surface area contributed by atoms with Gasteiger partial charge in [0, 0.05) is 13.1 Å². The van der Waals surface area contributed by atoms with E-state index in [1.54, 1.807) is 0 Å². The van der Waals surface area contributed by atoms with Gasteiger partial charge in [0.15, 0.2) is 5.58 Å². The minimum Gasteiger partial charge on any atom is -0.423 e. The number of anilines is 1. The highest BCUT2D eigenvalue weighted by atomic mass is 16.4. The minimum absolute atomic E-state index is 0.813. The van der Waals surface area contributed by atoms with Gasteiger partial charge in [-0.1, -0.05) is 90.2 Å². The largest absolute Gasteiger partial charge is 0.423 e. The van der Waals surface area contributed by atoms with Crippen molar-refractivity contribution in [3.63, 3.8) is 0 Å². The van der Waals surface area contributed by atoms with E-state index in [4.69, 9.17) is 9.40 Å². The molecular weight excluding hydrogens is 320 g/mol. The number of aromatic nitrogens is 1. The predicted molar refractivity (Wildman–Crippen MR) is 113 cm³/mol. The molecule has 0 radical (unpaired) electrons. The number of unbranched alkanes of at least 4 members (excludes halogenated alkanes) is 10. The van der Waals surface area contributed by atoms with E-state index in [9.17, 15) is 0 Å². The Balaban J connectivity index is 1.83. The van der Waals surface area contributed by atoms with Gasteiger partial charge in [-0.15, -0.1) is 0 Å². The Labute approximate surface area is 160 Å². The van der Waals surface area contributed by atoms with E-state index in [1.807, 2.05) is 24.3 Å². The lowest BCUT2D eigenvalue weighted by Crippen LogP contribution is -2.26. The molecule has 26 heavy (non-hydrogen) atoms. The summed E-state index contributed by atoms with van der Waals surface area (Å²) in [5.74, 6) is 0. The summed E-state index contributed by atoms with van der Waals surface area (Å²) in [5.41, 5.74) is 1.87. The quantitative estimate of drug-likeness (QED) is 0.311. The van der Waals surface area contributed by atoms with Gasteiger partial charge in [0.1, 0.15) is 5.52 Å². The fourth-order valence-corrected chi connectivity index (χ4v) is 3.46. The van der Waals surface area contributed by atoms with E-state index in [0.717, 1.165) is 30.2 Å². The number of para-hydroxylation sites is 2. The molecule has 146 valence electrons. The third-order valence-electron chi connectivity index (χ3n) is 5.12. The SMILES string of the molecule is CCCCCCCCN(CCCCCCCC)c1nc2ccccc2o1. The minimum atomic E-state index is 0.813. The molecule has 1 heterocycles. The Bertz CT molecular complexity index is 544. The van der Waals surface area contributed by atoms with Crippen LogP contribution in [0.15, 0.2) is 28.7 Å². The molecular formula is C23H38N2O. The number of benzene rings is 1. The molecule has 0 atom stereocenters. The van der Waals surface area contributed by atoms with Crippen molar-refractivity contribution < 1.29 is 4.42 Å². The van der Waals surface area contributed by atoms with Crippen LogP contribution in [0.5, 0.6) is 0 Å². The number of hydrogen-bond donors (Lipinski definition) is 0. The van der Waals surface area contributed by atoms with E-state index in [1.165, 1.54) is 77.0 Å². The summed E-state index contributed by atoms with van der Waals surface area (Å²) < 4.78 is 6.04. The average molecular weight is 359 g/mol. The fourth-order valence-electron chi connectivity index (χ4n) is 3.46. The van der Waals surface area contributed by atoms with E-state index in [-0.39, 0.29) is 0 Å². The van der Waals surface area contributed by atoms with Crippen LogP contribution in [0.4, 0.5) is 6.01 Å². The van der Waals surface area contributed by atoms with Crippen LogP contribution in [-0.2, 0) is 0 Å². The lowest BCUT2D eigenvalue weighted by Gasteiger charge is -2.20. The number of hydrogen-bond acceptors (Lipinski definition) is 3. The zero-order valence-electron chi connectivity index (χ0n) is 17.0. The van der Waals surface area contributed by atoms with Crippen molar-refractivity contribution in [2.45, 2.75) is 90.9 Å². The van der Waals surface area contributed by atoms with Crippen LogP contribution in [0.3, 0.4) is 0 Å². The molecule has 0 fully saturated rings. The monoisotopic (exact) mass is 358 g/mol. The molecule has 0 N–H and O–H groups in total. The summed E-state index contributed by atoms with van der Waals surface area (Å²) in [5, 5.41) is 0. The molecule has 0 saturated heterocycles. The highest BCUT2D eigenvalue weighted by Gasteiger charge is 2.13. The molecule has 0 aliphatic heterocycles. The van der Waals surface area contributed by atoms with Gasteiger partial charge in [-0.25, -0.2) is 0 Å². The summed E-state index contributed by atoms with van der Waals surface area (Å²) in [4.78, 5) is 7.10. The number of rotatable bonds is 15.